The molecule has 6 heteroatoms. The van der Waals surface area contributed by atoms with E-state index in [0.29, 0.717) is 0 Å². The second-order valence-electron chi connectivity index (χ2n) is 10.9. The highest BCUT2D eigenvalue weighted by atomic mass is 16.7. The van der Waals surface area contributed by atoms with Crippen LogP contribution in [0, 0.1) is 0 Å². The highest BCUT2D eigenvalue weighted by Crippen LogP contribution is 2.39. The van der Waals surface area contributed by atoms with Crippen LogP contribution >= 0.6 is 0 Å². The van der Waals surface area contributed by atoms with Gasteiger partial charge in [0.05, 0.1) is 11.2 Å². The lowest BCUT2D eigenvalue weighted by atomic mass is 9.76. The fraction of sp³-hybridized carbons (Fsp3) is 0.393. The highest BCUT2D eigenvalue weighted by Gasteiger charge is 2.52. The third-order valence-electron chi connectivity index (χ3n) is 6.53. The topological polar surface area (TPSA) is 56.8 Å². The van der Waals surface area contributed by atoms with Gasteiger partial charge in [0, 0.05) is 6.54 Å². The summed E-state index contributed by atoms with van der Waals surface area (Å²) in [6.07, 6.45) is 1.63. The van der Waals surface area contributed by atoms with Crippen molar-refractivity contribution in [1.29, 1.82) is 0 Å². The fourth-order valence-electron chi connectivity index (χ4n) is 4.08. The normalized spacial score (nSPS) is 17.9. The van der Waals surface area contributed by atoms with Crippen LogP contribution < -0.4 is 5.32 Å². The summed E-state index contributed by atoms with van der Waals surface area (Å²) in [6, 6.07) is 18.9. The molecule has 0 aromatic heterocycles. The molecule has 5 nitrogen and oxygen atoms in total. The predicted molar refractivity (Wildman–Crippen MR) is 140 cm³/mol. The summed E-state index contributed by atoms with van der Waals surface area (Å²) in [7, 11) is -0.599. The van der Waals surface area contributed by atoms with E-state index >= 15 is 0 Å². The highest BCUT2D eigenvalue weighted by molar-refractivity contribution is 6.56. The molecular formula is C28H34BNO4. The van der Waals surface area contributed by atoms with Gasteiger partial charge >= 0.3 is 13.2 Å². The van der Waals surface area contributed by atoms with Crippen molar-refractivity contribution in [3.8, 4) is 0 Å². The Morgan fingerprint density at radius 3 is 1.94 bits per heavy atom. The third-order valence-corrected chi connectivity index (χ3v) is 6.53. The van der Waals surface area contributed by atoms with Crippen LogP contribution in [0.5, 0.6) is 0 Å². The van der Waals surface area contributed by atoms with Crippen molar-refractivity contribution in [2.75, 3.05) is 6.54 Å². The number of carbonyl (C=O) groups excluding carboxylic acids is 1. The van der Waals surface area contributed by atoms with E-state index in [-0.39, 0.29) is 6.54 Å². The Kier molecular flexibility index (Phi) is 6.26. The molecule has 3 aromatic carbocycles. The van der Waals surface area contributed by atoms with Gasteiger partial charge in [-0.05, 0) is 87.1 Å². The maximum absolute atomic E-state index is 12.5. The van der Waals surface area contributed by atoms with Gasteiger partial charge in [0.15, 0.2) is 0 Å². The first kappa shape index (κ1) is 24.3. The lowest BCUT2D eigenvalue weighted by Gasteiger charge is -2.32. The first-order chi connectivity index (χ1) is 15.9. The summed E-state index contributed by atoms with van der Waals surface area (Å²) >= 11 is 0. The van der Waals surface area contributed by atoms with Crippen molar-refractivity contribution in [3.63, 3.8) is 0 Å². The predicted octanol–water partition coefficient (Wildman–Crippen LogP) is 6.53. The molecule has 1 N–H and O–H groups in total. The number of fused-ring (bicyclic) bond motifs is 2. The zero-order valence-corrected chi connectivity index (χ0v) is 21.2. The number of rotatable bonds is 4. The summed E-state index contributed by atoms with van der Waals surface area (Å²) in [5.74, 6) is 0. The summed E-state index contributed by atoms with van der Waals surface area (Å²) in [5, 5.41) is 7.47. The van der Waals surface area contributed by atoms with Gasteiger partial charge in [0.1, 0.15) is 5.60 Å². The van der Waals surface area contributed by atoms with E-state index in [0.717, 1.165) is 32.6 Å². The van der Waals surface area contributed by atoms with Crippen LogP contribution in [0.2, 0.25) is 0 Å². The summed E-state index contributed by atoms with van der Waals surface area (Å²) < 4.78 is 18.2. The fourth-order valence-corrected chi connectivity index (χ4v) is 4.08. The molecule has 34 heavy (non-hydrogen) atoms. The molecule has 1 fully saturated rings. The maximum atomic E-state index is 12.5. The smallest absolute Gasteiger partial charge is 0.444 e. The second kappa shape index (κ2) is 8.75. The van der Waals surface area contributed by atoms with Crippen molar-refractivity contribution >= 4 is 40.8 Å². The Balaban J connectivity index is 1.81. The minimum Gasteiger partial charge on any atom is -0.444 e. The number of nitrogens with one attached hydrogen (secondary N) is 1. The van der Waals surface area contributed by atoms with Crippen LogP contribution in [0.4, 0.5) is 4.79 Å². The number of hydrogen-bond acceptors (Lipinski definition) is 4. The van der Waals surface area contributed by atoms with Gasteiger partial charge in [-0.1, -0.05) is 54.6 Å². The van der Waals surface area contributed by atoms with Gasteiger partial charge in [-0.3, -0.25) is 0 Å². The SMILES string of the molecule is CC(C)(C)OC(=O)NCC(=Cc1c2ccccc2cc2ccccc12)B1OC(C)(C)C(C)(C)O1. The van der Waals surface area contributed by atoms with Crippen molar-refractivity contribution in [2.24, 2.45) is 0 Å². The summed E-state index contributed by atoms with van der Waals surface area (Å²) in [5.41, 5.74) is 0.326. The lowest BCUT2D eigenvalue weighted by molar-refractivity contribution is 0.00578. The molecule has 1 aliphatic heterocycles. The Morgan fingerprint density at radius 2 is 1.44 bits per heavy atom. The lowest BCUT2D eigenvalue weighted by Crippen LogP contribution is -2.41. The molecule has 0 atom stereocenters. The van der Waals surface area contributed by atoms with Gasteiger partial charge in [-0.15, -0.1) is 0 Å². The Hall–Kier alpha value is -2.83. The molecule has 1 saturated heterocycles. The quantitative estimate of drug-likeness (QED) is 0.356. The van der Waals surface area contributed by atoms with Gasteiger partial charge in [0.2, 0.25) is 0 Å². The number of hydrogen-bond donors (Lipinski definition) is 1. The molecular weight excluding hydrogens is 425 g/mol. The van der Waals surface area contributed by atoms with Crippen LogP contribution in [0.15, 0.2) is 60.1 Å². The largest absolute Gasteiger partial charge is 0.492 e. The first-order valence-electron chi connectivity index (χ1n) is 11.8. The molecule has 0 bridgehead atoms. The molecule has 3 aromatic rings. The molecule has 0 aliphatic carbocycles. The van der Waals surface area contributed by atoms with Gasteiger partial charge < -0.3 is 19.4 Å². The molecule has 0 unspecified atom stereocenters. The zero-order valence-electron chi connectivity index (χ0n) is 21.2. The Bertz CT molecular complexity index is 1190. The number of alkyl carbamates (subject to hydrolysis) is 1. The second-order valence-corrected chi connectivity index (χ2v) is 10.9. The zero-order chi connectivity index (χ0) is 24.7. The minimum atomic E-state index is -0.599. The molecule has 0 saturated carbocycles. The van der Waals surface area contributed by atoms with E-state index in [1.165, 1.54) is 0 Å². The van der Waals surface area contributed by atoms with E-state index in [9.17, 15) is 4.79 Å². The molecule has 0 radical (unpaired) electrons. The molecule has 1 heterocycles. The van der Waals surface area contributed by atoms with Crippen LogP contribution in [0.25, 0.3) is 27.6 Å². The van der Waals surface area contributed by atoms with Gasteiger partial charge in [0.25, 0.3) is 0 Å². The summed E-state index contributed by atoms with van der Waals surface area (Å²) in [6.45, 7) is 13.9. The van der Waals surface area contributed by atoms with E-state index in [1.54, 1.807) is 0 Å². The average Bonchev–Trinajstić information content (AvgIpc) is 2.96. The van der Waals surface area contributed by atoms with Crippen LogP contribution in [0.3, 0.4) is 0 Å². The maximum Gasteiger partial charge on any atom is 0.492 e. The molecule has 1 amide bonds. The van der Waals surface area contributed by atoms with E-state index in [1.807, 2.05) is 72.7 Å². The molecule has 4 rings (SSSR count). The first-order valence-corrected chi connectivity index (χ1v) is 11.8. The number of carbonyl (C=O) groups is 1. The number of ether oxygens (including phenoxy) is 1. The van der Waals surface area contributed by atoms with Crippen molar-refractivity contribution < 1.29 is 18.8 Å². The van der Waals surface area contributed by atoms with Gasteiger partial charge in [-0.25, -0.2) is 4.79 Å². The average molecular weight is 459 g/mol. The number of benzene rings is 3. The summed E-state index contributed by atoms with van der Waals surface area (Å²) in [4.78, 5) is 12.5. The number of amides is 1. The minimum absolute atomic E-state index is 0.239. The van der Waals surface area contributed by atoms with E-state index in [2.05, 4.69) is 41.7 Å². The Morgan fingerprint density at radius 1 is 0.941 bits per heavy atom. The van der Waals surface area contributed by atoms with E-state index < -0.39 is 30.0 Å². The monoisotopic (exact) mass is 459 g/mol. The van der Waals surface area contributed by atoms with E-state index in [4.69, 9.17) is 14.0 Å². The Labute approximate surface area is 202 Å². The van der Waals surface area contributed by atoms with Crippen LogP contribution in [0.1, 0.15) is 54.0 Å². The standard InChI is InChI=1S/C28H34BNO4/c1-26(2,3)32-25(31)30-18-21(29-33-27(4,5)28(6,7)34-29)17-24-22-14-10-8-12-19(22)16-20-13-9-11-15-23(20)24/h8-17H,18H2,1-7H3,(H,30,31). The molecule has 1 aliphatic rings. The van der Waals surface area contributed by atoms with Crippen molar-refractivity contribution in [1.82, 2.24) is 5.32 Å². The molecule has 178 valence electrons. The van der Waals surface area contributed by atoms with Crippen LogP contribution in [-0.4, -0.2) is 36.6 Å². The molecule has 0 spiro atoms. The van der Waals surface area contributed by atoms with Gasteiger partial charge in [-0.2, -0.15) is 0 Å². The van der Waals surface area contributed by atoms with Crippen LogP contribution in [-0.2, 0) is 14.0 Å². The van der Waals surface area contributed by atoms with Crippen molar-refractivity contribution in [2.45, 2.75) is 65.3 Å². The third kappa shape index (κ3) is 4.98. The van der Waals surface area contributed by atoms with Crippen molar-refractivity contribution in [3.05, 3.63) is 65.6 Å².